The lowest BCUT2D eigenvalue weighted by atomic mass is 9.96. The largest absolute Gasteiger partial charge is 0.361 e. The van der Waals surface area contributed by atoms with Gasteiger partial charge in [0.15, 0.2) is 5.84 Å². The number of benzene rings is 2. The molecular weight excluding hydrogens is 480 g/mol. The minimum Gasteiger partial charge on any atom is -0.361 e. The Morgan fingerprint density at radius 1 is 1.21 bits per heavy atom. The molecule has 1 atom stereocenters. The highest BCUT2D eigenvalue weighted by atomic mass is 79.9. The van der Waals surface area contributed by atoms with Gasteiger partial charge in [0.05, 0.1) is 11.5 Å². The van der Waals surface area contributed by atoms with E-state index < -0.39 is 0 Å². The summed E-state index contributed by atoms with van der Waals surface area (Å²) < 4.78 is 1.02. The van der Waals surface area contributed by atoms with Gasteiger partial charge in [-0.2, -0.15) is 0 Å². The molecule has 0 bridgehead atoms. The number of nitrogens with zero attached hydrogens (tertiary/aromatic N) is 3. The van der Waals surface area contributed by atoms with Gasteiger partial charge in [-0.05, 0) is 49.6 Å². The minimum absolute atomic E-state index is 0.0473. The van der Waals surface area contributed by atoms with E-state index in [9.17, 15) is 4.79 Å². The number of carbonyl (C=O) groups is 1. The molecule has 8 heteroatoms. The molecule has 170 valence electrons. The molecule has 0 spiro atoms. The summed E-state index contributed by atoms with van der Waals surface area (Å²) in [6, 6.07) is 16.0. The van der Waals surface area contributed by atoms with Gasteiger partial charge in [0, 0.05) is 36.0 Å². The second kappa shape index (κ2) is 10.6. The van der Waals surface area contributed by atoms with Crippen LogP contribution in [0.5, 0.6) is 0 Å². The first-order chi connectivity index (χ1) is 16.0. The standard InChI is InChI=1S/C25H27BrN6O/c1-17-4-10-21(11-5-17)28-14-22-23(27)30-16-31-24(22)32-12-2-3-19(15-32)25(33)29-13-18-6-8-20(26)9-7-18/h4-11,14,16,19,27-28H,2-3,12-13,15H2,1H3,(H,29,33)/b22-14+,27-23?/t19-/m1/s1. The van der Waals surface area contributed by atoms with Crippen molar-refractivity contribution in [2.24, 2.45) is 15.9 Å². The lowest BCUT2D eigenvalue weighted by molar-refractivity contribution is -0.126. The van der Waals surface area contributed by atoms with E-state index in [1.165, 1.54) is 11.9 Å². The Kier molecular flexibility index (Phi) is 7.34. The van der Waals surface area contributed by atoms with E-state index in [0.29, 0.717) is 24.5 Å². The zero-order chi connectivity index (χ0) is 23.2. The lowest BCUT2D eigenvalue weighted by Crippen LogP contribution is -2.47. The number of hydrogen-bond acceptors (Lipinski definition) is 5. The first-order valence-electron chi connectivity index (χ1n) is 11.0. The molecule has 0 unspecified atom stereocenters. The number of aliphatic imine (C=N–C) groups is 2. The van der Waals surface area contributed by atoms with Gasteiger partial charge in [0.2, 0.25) is 5.91 Å². The number of nitrogens with one attached hydrogen (secondary N) is 3. The molecule has 3 N–H and O–H groups in total. The van der Waals surface area contributed by atoms with E-state index in [-0.39, 0.29) is 17.7 Å². The smallest absolute Gasteiger partial charge is 0.225 e. The van der Waals surface area contributed by atoms with Gasteiger partial charge in [-0.15, -0.1) is 0 Å². The number of piperidine rings is 1. The molecule has 2 aromatic carbocycles. The quantitative estimate of drug-likeness (QED) is 0.557. The lowest BCUT2D eigenvalue weighted by Gasteiger charge is -2.35. The second-order valence-corrected chi connectivity index (χ2v) is 9.16. The zero-order valence-corrected chi connectivity index (χ0v) is 20.1. The average molecular weight is 507 g/mol. The third kappa shape index (κ3) is 5.96. The molecule has 1 saturated heterocycles. The van der Waals surface area contributed by atoms with Crippen molar-refractivity contribution in [3.63, 3.8) is 0 Å². The van der Waals surface area contributed by atoms with Gasteiger partial charge in [-0.3, -0.25) is 10.2 Å². The Morgan fingerprint density at radius 2 is 1.97 bits per heavy atom. The van der Waals surface area contributed by atoms with Crippen molar-refractivity contribution in [3.05, 3.63) is 75.9 Å². The molecule has 2 aromatic rings. The molecule has 2 heterocycles. The molecular formula is C25H27BrN6O. The van der Waals surface area contributed by atoms with E-state index >= 15 is 0 Å². The van der Waals surface area contributed by atoms with Gasteiger partial charge < -0.3 is 15.5 Å². The summed E-state index contributed by atoms with van der Waals surface area (Å²) in [5.41, 5.74) is 3.80. The Bertz CT molecular complexity index is 1100. The van der Waals surface area contributed by atoms with Crippen LogP contribution in [0.1, 0.15) is 24.0 Å². The van der Waals surface area contributed by atoms with Crippen LogP contribution in [0.4, 0.5) is 5.69 Å². The van der Waals surface area contributed by atoms with Crippen LogP contribution >= 0.6 is 15.9 Å². The van der Waals surface area contributed by atoms with Crippen LogP contribution in [-0.4, -0.2) is 41.9 Å². The van der Waals surface area contributed by atoms with Crippen molar-refractivity contribution >= 4 is 45.5 Å². The third-order valence-corrected chi connectivity index (χ3v) is 6.30. The van der Waals surface area contributed by atoms with Crippen LogP contribution in [0.25, 0.3) is 0 Å². The summed E-state index contributed by atoms with van der Waals surface area (Å²) in [6.45, 7) is 3.90. The van der Waals surface area contributed by atoms with Crippen LogP contribution in [0.3, 0.4) is 0 Å². The van der Waals surface area contributed by atoms with Crippen molar-refractivity contribution < 1.29 is 4.79 Å². The molecule has 2 aliphatic heterocycles. The second-order valence-electron chi connectivity index (χ2n) is 8.24. The number of hydrogen-bond donors (Lipinski definition) is 3. The van der Waals surface area contributed by atoms with E-state index in [1.807, 2.05) is 55.5 Å². The van der Waals surface area contributed by atoms with Crippen molar-refractivity contribution in [1.82, 2.24) is 10.2 Å². The number of carbonyl (C=O) groups excluding carboxylic acids is 1. The molecule has 0 radical (unpaired) electrons. The monoisotopic (exact) mass is 506 g/mol. The van der Waals surface area contributed by atoms with Crippen molar-refractivity contribution in [1.29, 1.82) is 5.41 Å². The number of aryl methyl sites for hydroxylation is 1. The fraction of sp³-hybridized carbons (Fsp3) is 0.280. The number of amides is 1. The number of halogens is 1. The zero-order valence-electron chi connectivity index (χ0n) is 18.5. The van der Waals surface area contributed by atoms with Crippen LogP contribution in [-0.2, 0) is 11.3 Å². The SMILES string of the molecule is Cc1ccc(N/C=C2\C(=N)N=CN=C2N2CCC[C@@H](C(=O)NCc3ccc(Br)cc3)C2)cc1. The summed E-state index contributed by atoms with van der Waals surface area (Å²) >= 11 is 3.43. The van der Waals surface area contributed by atoms with Gasteiger partial charge >= 0.3 is 0 Å². The van der Waals surface area contributed by atoms with Gasteiger partial charge in [-0.1, -0.05) is 45.8 Å². The fourth-order valence-electron chi connectivity index (χ4n) is 3.90. The molecule has 1 fully saturated rings. The Morgan fingerprint density at radius 3 is 2.73 bits per heavy atom. The number of likely N-dealkylation sites (tertiary alicyclic amines) is 1. The maximum absolute atomic E-state index is 12.9. The normalized spacial score (nSPS) is 19.4. The summed E-state index contributed by atoms with van der Waals surface area (Å²) in [5.74, 6) is 0.754. The number of anilines is 1. The minimum atomic E-state index is -0.128. The summed E-state index contributed by atoms with van der Waals surface area (Å²) in [5, 5.41) is 14.6. The fourth-order valence-corrected chi connectivity index (χ4v) is 4.16. The highest BCUT2D eigenvalue weighted by Gasteiger charge is 2.30. The first-order valence-corrected chi connectivity index (χ1v) is 11.8. The molecule has 1 amide bonds. The van der Waals surface area contributed by atoms with E-state index in [0.717, 1.165) is 35.1 Å². The highest BCUT2D eigenvalue weighted by molar-refractivity contribution is 9.10. The molecule has 0 saturated carbocycles. The Hall–Kier alpha value is -3.26. The van der Waals surface area contributed by atoms with Crippen molar-refractivity contribution in [3.8, 4) is 0 Å². The van der Waals surface area contributed by atoms with Crippen LogP contribution in [0, 0.1) is 18.3 Å². The van der Waals surface area contributed by atoms with Crippen molar-refractivity contribution in [2.45, 2.75) is 26.3 Å². The summed E-state index contributed by atoms with van der Waals surface area (Å²) in [4.78, 5) is 23.5. The molecule has 0 aliphatic carbocycles. The molecule has 33 heavy (non-hydrogen) atoms. The number of rotatable bonds is 5. The number of amidine groups is 2. The van der Waals surface area contributed by atoms with E-state index in [1.54, 1.807) is 6.20 Å². The van der Waals surface area contributed by atoms with Crippen LogP contribution in [0.2, 0.25) is 0 Å². The van der Waals surface area contributed by atoms with Crippen LogP contribution < -0.4 is 10.6 Å². The predicted molar refractivity (Wildman–Crippen MR) is 137 cm³/mol. The Labute approximate surface area is 202 Å². The van der Waals surface area contributed by atoms with Gasteiger partial charge in [-0.25, -0.2) is 9.98 Å². The highest BCUT2D eigenvalue weighted by Crippen LogP contribution is 2.22. The maximum Gasteiger partial charge on any atom is 0.225 e. The third-order valence-electron chi connectivity index (χ3n) is 5.77. The maximum atomic E-state index is 12.9. The van der Waals surface area contributed by atoms with Gasteiger partial charge in [0.25, 0.3) is 0 Å². The molecule has 7 nitrogen and oxygen atoms in total. The first kappa shape index (κ1) is 22.9. The topological polar surface area (TPSA) is 92.9 Å². The summed E-state index contributed by atoms with van der Waals surface area (Å²) in [6.07, 6.45) is 4.92. The predicted octanol–water partition coefficient (Wildman–Crippen LogP) is 4.50. The molecule has 2 aliphatic rings. The van der Waals surface area contributed by atoms with E-state index in [4.69, 9.17) is 5.41 Å². The summed E-state index contributed by atoms with van der Waals surface area (Å²) in [7, 11) is 0. The average Bonchev–Trinajstić information content (AvgIpc) is 2.84. The van der Waals surface area contributed by atoms with Crippen LogP contribution in [0.15, 0.2) is 74.8 Å². The van der Waals surface area contributed by atoms with Gasteiger partial charge in [0.1, 0.15) is 12.2 Å². The van der Waals surface area contributed by atoms with Crippen molar-refractivity contribution in [2.75, 3.05) is 18.4 Å². The molecule has 4 rings (SSSR count). The molecule has 0 aromatic heterocycles. The Balaban J connectivity index is 1.42. The van der Waals surface area contributed by atoms with E-state index in [2.05, 4.69) is 41.4 Å².